The number of carbonyl (C=O) groups excluding carboxylic acids is 6. The van der Waals surface area contributed by atoms with E-state index in [4.69, 9.17) is 5.73 Å². The number of para-hydroxylation sites is 1. The number of nitrogens with two attached hydrogens (primary N) is 1. The number of aliphatic carboxylic acids is 1. The van der Waals surface area contributed by atoms with Crippen molar-refractivity contribution in [1.29, 1.82) is 0 Å². The highest BCUT2D eigenvalue weighted by atomic mass is 16.4. The highest BCUT2D eigenvalue weighted by molar-refractivity contribution is 5.98. The highest BCUT2D eigenvalue weighted by Crippen LogP contribution is 2.22. The first-order chi connectivity index (χ1) is 27.5. The maximum Gasteiger partial charge on any atom is 0.326 e. The monoisotopic (exact) mass is 804 g/mol. The van der Waals surface area contributed by atoms with Crippen LogP contribution < -0.4 is 32.3 Å². The van der Waals surface area contributed by atoms with Crippen LogP contribution in [-0.4, -0.2) is 116 Å². The Hall–Kier alpha value is -5.81. The summed E-state index contributed by atoms with van der Waals surface area (Å²) in [6.45, 7) is 8.02. The molecule has 0 spiro atoms. The Morgan fingerprint density at radius 1 is 0.776 bits per heavy atom. The number of carboxylic acid groups (broad SMARTS) is 1. The summed E-state index contributed by atoms with van der Waals surface area (Å²) in [7, 11) is 0. The summed E-state index contributed by atoms with van der Waals surface area (Å²) >= 11 is 0. The van der Waals surface area contributed by atoms with Gasteiger partial charge in [-0.25, -0.2) is 4.79 Å². The fraction of sp³-hybridized carbons (Fsp3) is 0.488. The fourth-order valence-corrected chi connectivity index (χ4v) is 6.85. The summed E-state index contributed by atoms with van der Waals surface area (Å²) < 4.78 is 0. The average Bonchev–Trinajstić information content (AvgIpc) is 3.83. The number of rotatable bonds is 19. The summed E-state index contributed by atoms with van der Waals surface area (Å²) in [6.07, 6.45) is 1.18. The molecule has 58 heavy (non-hydrogen) atoms. The maximum atomic E-state index is 14.1. The van der Waals surface area contributed by atoms with Gasteiger partial charge < -0.3 is 52.4 Å². The number of benzene rings is 2. The van der Waals surface area contributed by atoms with Crippen LogP contribution in [0, 0.1) is 5.92 Å². The third-order valence-corrected chi connectivity index (χ3v) is 10.0. The van der Waals surface area contributed by atoms with Crippen LogP contribution in [-0.2, 0) is 46.4 Å². The Balaban J connectivity index is 1.52. The van der Waals surface area contributed by atoms with Crippen molar-refractivity contribution < 1.29 is 43.8 Å². The first-order valence-electron chi connectivity index (χ1n) is 19.5. The van der Waals surface area contributed by atoms with Gasteiger partial charge in [0.05, 0.1) is 12.1 Å². The van der Waals surface area contributed by atoms with Crippen LogP contribution in [0.5, 0.6) is 0 Å². The Morgan fingerprint density at radius 2 is 1.41 bits per heavy atom. The number of amides is 6. The van der Waals surface area contributed by atoms with E-state index in [-0.39, 0.29) is 38.1 Å². The van der Waals surface area contributed by atoms with Crippen molar-refractivity contribution in [2.24, 2.45) is 11.7 Å². The molecule has 4 rings (SSSR count). The van der Waals surface area contributed by atoms with Gasteiger partial charge in [0.1, 0.15) is 36.3 Å². The SMILES string of the molecule is CC(C)C[C@H](NC(=O)[C@H](C)N)C(=O)N[C@H](C(=O)N1CCC[C@H]1C(=O)N[C@@H](Cc1c[nH]c2ccccc12)C(=O)N[C@@H](C)C(=O)N[C@@H](Cc1ccccc1)C(=O)O)[C@@H](C)O. The molecule has 17 nitrogen and oxygen atoms in total. The van der Waals surface area contributed by atoms with Crippen molar-refractivity contribution >= 4 is 52.3 Å². The standard InChI is InChI=1S/C41H56N8O9/c1-22(2)18-30(45-35(51)23(3)42)38(54)48-34(25(5)50)40(56)49-17-11-16-33(49)39(55)46-31(20-27-21-43-29-15-10-9-14-28(27)29)37(53)44-24(4)36(52)47-32(41(57)58)19-26-12-7-6-8-13-26/h6-10,12-15,21-25,30-34,43,50H,11,16-20,42H2,1-5H3,(H,44,53)(H,45,51)(H,46,55)(H,47,52)(H,48,54)(H,57,58)/t23-,24-,25+,30-,31-,32-,33-,34-/m0/s1. The number of nitrogens with zero attached hydrogens (tertiary/aromatic N) is 1. The van der Waals surface area contributed by atoms with E-state index in [1.54, 1.807) is 36.5 Å². The zero-order valence-corrected chi connectivity index (χ0v) is 33.5. The summed E-state index contributed by atoms with van der Waals surface area (Å²) in [4.78, 5) is 97.5. The van der Waals surface area contributed by atoms with E-state index >= 15 is 0 Å². The Morgan fingerprint density at radius 3 is 2.05 bits per heavy atom. The molecule has 3 aromatic rings. The first kappa shape index (κ1) is 44.9. The van der Waals surface area contributed by atoms with Crippen molar-refractivity contribution in [2.45, 2.75) is 115 Å². The maximum absolute atomic E-state index is 14.1. The number of hydrogen-bond donors (Lipinski definition) is 9. The van der Waals surface area contributed by atoms with Crippen molar-refractivity contribution in [2.75, 3.05) is 6.54 Å². The molecule has 0 saturated carbocycles. The summed E-state index contributed by atoms with van der Waals surface area (Å²) in [5, 5.41) is 34.3. The molecule has 314 valence electrons. The molecule has 17 heteroatoms. The smallest absolute Gasteiger partial charge is 0.326 e. The second kappa shape index (κ2) is 20.6. The van der Waals surface area contributed by atoms with Gasteiger partial charge in [0.15, 0.2) is 0 Å². The number of H-pyrrole nitrogens is 1. The minimum atomic E-state index is -1.47. The average molecular weight is 805 g/mol. The summed E-state index contributed by atoms with van der Waals surface area (Å²) in [5.74, 6) is -5.42. The third kappa shape index (κ3) is 12.1. The highest BCUT2D eigenvalue weighted by Gasteiger charge is 2.41. The number of fused-ring (bicyclic) bond motifs is 1. The minimum absolute atomic E-state index is 0.0146. The van der Waals surface area contributed by atoms with E-state index in [1.807, 2.05) is 38.1 Å². The van der Waals surface area contributed by atoms with E-state index in [1.165, 1.54) is 25.7 Å². The number of carboxylic acids is 1. The lowest BCUT2D eigenvalue weighted by Crippen LogP contribution is -2.61. The number of nitrogens with one attached hydrogen (secondary N) is 6. The van der Waals surface area contributed by atoms with E-state index in [0.717, 1.165) is 10.9 Å². The number of hydrogen-bond acceptors (Lipinski definition) is 9. The van der Waals surface area contributed by atoms with Crippen molar-refractivity contribution in [1.82, 2.24) is 36.5 Å². The molecule has 1 aliphatic rings. The molecule has 2 aromatic carbocycles. The van der Waals surface area contributed by atoms with Gasteiger partial charge in [-0.15, -0.1) is 0 Å². The number of likely N-dealkylation sites (tertiary alicyclic amines) is 1. The van der Waals surface area contributed by atoms with E-state index in [2.05, 4.69) is 31.6 Å². The van der Waals surface area contributed by atoms with Gasteiger partial charge >= 0.3 is 5.97 Å². The van der Waals surface area contributed by atoms with Crippen LogP contribution in [0.4, 0.5) is 0 Å². The van der Waals surface area contributed by atoms with E-state index in [0.29, 0.717) is 17.5 Å². The predicted octanol–water partition coefficient (Wildman–Crippen LogP) is 0.247. The van der Waals surface area contributed by atoms with Gasteiger partial charge in [0.25, 0.3) is 0 Å². The van der Waals surface area contributed by atoms with Gasteiger partial charge in [0, 0.05) is 36.5 Å². The van der Waals surface area contributed by atoms with Crippen LogP contribution in [0.25, 0.3) is 10.9 Å². The first-order valence-corrected chi connectivity index (χ1v) is 19.5. The van der Waals surface area contributed by atoms with Gasteiger partial charge in [-0.1, -0.05) is 62.4 Å². The fourth-order valence-electron chi connectivity index (χ4n) is 6.85. The number of aromatic amines is 1. The van der Waals surface area contributed by atoms with Gasteiger partial charge in [-0.2, -0.15) is 0 Å². The normalized spacial score (nSPS) is 17.6. The van der Waals surface area contributed by atoms with Crippen LogP contribution >= 0.6 is 0 Å². The quantitative estimate of drug-likeness (QED) is 0.0798. The summed E-state index contributed by atoms with van der Waals surface area (Å²) in [5.41, 5.74) is 7.86. The molecule has 1 saturated heterocycles. The molecular formula is C41H56N8O9. The largest absolute Gasteiger partial charge is 0.480 e. The molecular weight excluding hydrogens is 748 g/mol. The molecule has 0 radical (unpaired) electrons. The van der Waals surface area contributed by atoms with Crippen LogP contribution in [0.1, 0.15) is 65.0 Å². The Labute approximate surface area is 337 Å². The molecule has 0 unspecified atom stereocenters. The zero-order chi connectivity index (χ0) is 42.7. The van der Waals surface area contributed by atoms with Crippen molar-refractivity contribution in [3.8, 4) is 0 Å². The molecule has 1 fully saturated rings. The second-order valence-electron chi connectivity index (χ2n) is 15.3. The van der Waals surface area contributed by atoms with Crippen LogP contribution in [0.3, 0.4) is 0 Å². The second-order valence-corrected chi connectivity index (χ2v) is 15.3. The molecule has 1 aliphatic heterocycles. The lowest BCUT2D eigenvalue weighted by atomic mass is 10.0. The molecule has 1 aromatic heterocycles. The topological polar surface area (TPSA) is 265 Å². The molecule has 0 aliphatic carbocycles. The number of aromatic nitrogens is 1. The van der Waals surface area contributed by atoms with Gasteiger partial charge in [0.2, 0.25) is 35.4 Å². The van der Waals surface area contributed by atoms with E-state index < -0.39 is 89.8 Å². The van der Waals surface area contributed by atoms with Crippen molar-refractivity contribution in [3.63, 3.8) is 0 Å². The van der Waals surface area contributed by atoms with Gasteiger partial charge in [-0.05, 0) is 63.1 Å². The van der Waals surface area contributed by atoms with Crippen molar-refractivity contribution in [3.05, 3.63) is 71.9 Å². The molecule has 2 heterocycles. The Bertz CT molecular complexity index is 1930. The third-order valence-electron chi connectivity index (χ3n) is 10.0. The predicted molar refractivity (Wildman–Crippen MR) is 215 cm³/mol. The molecule has 10 N–H and O–H groups in total. The minimum Gasteiger partial charge on any atom is -0.480 e. The lowest BCUT2D eigenvalue weighted by Gasteiger charge is -2.32. The zero-order valence-electron chi connectivity index (χ0n) is 33.5. The lowest BCUT2D eigenvalue weighted by molar-refractivity contribution is -0.144. The molecule has 6 amide bonds. The molecule has 0 bridgehead atoms. The van der Waals surface area contributed by atoms with E-state index in [9.17, 15) is 43.8 Å². The number of aliphatic hydroxyl groups is 1. The summed E-state index contributed by atoms with van der Waals surface area (Å²) in [6, 6.07) is 7.91. The van der Waals surface area contributed by atoms with Crippen LogP contribution in [0.2, 0.25) is 0 Å². The number of carbonyl (C=O) groups is 7. The van der Waals surface area contributed by atoms with Gasteiger partial charge in [-0.3, -0.25) is 28.8 Å². The Kier molecular flexibility index (Phi) is 15.9. The van der Waals surface area contributed by atoms with Crippen LogP contribution in [0.15, 0.2) is 60.8 Å². The number of aliphatic hydroxyl groups excluding tert-OH is 1. The molecule has 8 atom stereocenters.